The van der Waals surface area contributed by atoms with E-state index in [1.807, 2.05) is 0 Å². The number of nitrogens with one attached hydrogen (secondary N) is 1. The van der Waals surface area contributed by atoms with Crippen LogP contribution in [0.3, 0.4) is 0 Å². The first-order chi connectivity index (χ1) is 8.13. The van der Waals surface area contributed by atoms with Gasteiger partial charge < -0.3 is 15.8 Å². The Morgan fingerprint density at radius 2 is 2.35 bits per heavy atom. The lowest BCUT2D eigenvalue weighted by Crippen LogP contribution is -2.46. The summed E-state index contributed by atoms with van der Waals surface area (Å²) in [5.41, 5.74) is 6.52. The highest BCUT2D eigenvalue weighted by atomic mass is 16.5. The molecule has 0 aliphatic carbocycles. The number of imide groups is 1. The van der Waals surface area contributed by atoms with Gasteiger partial charge in [0, 0.05) is 5.69 Å². The average Bonchev–Trinajstić information content (AvgIpc) is 2.28. The summed E-state index contributed by atoms with van der Waals surface area (Å²) < 4.78 is 5.23. The van der Waals surface area contributed by atoms with Crippen LogP contribution in [0.15, 0.2) is 18.2 Å². The fourth-order valence-electron chi connectivity index (χ4n) is 1.67. The first kappa shape index (κ1) is 11.4. The van der Waals surface area contributed by atoms with E-state index < -0.39 is 0 Å². The fraction of sp³-hybridized carbons (Fsp3) is 0.273. The Hall–Kier alpha value is -2.08. The molecule has 1 aromatic rings. The highest BCUT2D eigenvalue weighted by Gasteiger charge is 2.30. The molecule has 0 saturated carbocycles. The van der Waals surface area contributed by atoms with Crippen LogP contribution in [0, 0.1) is 0 Å². The molecule has 0 radical (unpaired) electrons. The first-order valence-corrected chi connectivity index (χ1v) is 5.16. The molecule has 1 aromatic carbocycles. The molecule has 2 amide bonds. The second-order valence-electron chi connectivity index (χ2n) is 3.67. The van der Waals surface area contributed by atoms with Crippen molar-refractivity contribution in [3.8, 4) is 5.75 Å². The van der Waals surface area contributed by atoms with Crippen LogP contribution in [-0.2, 0) is 9.59 Å². The molecule has 0 unspecified atom stereocenters. The molecule has 1 aliphatic rings. The van der Waals surface area contributed by atoms with Crippen LogP contribution >= 0.6 is 0 Å². The van der Waals surface area contributed by atoms with Crippen LogP contribution in [0.5, 0.6) is 5.75 Å². The molecule has 17 heavy (non-hydrogen) atoms. The zero-order valence-electron chi connectivity index (χ0n) is 9.40. The van der Waals surface area contributed by atoms with Crippen molar-refractivity contribution in [3.05, 3.63) is 18.2 Å². The van der Waals surface area contributed by atoms with E-state index in [0.717, 1.165) is 4.90 Å². The number of nitrogens with zero attached hydrogens (tertiary/aromatic N) is 1. The van der Waals surface area contributed by atoms with E-state index in [1.165, 1.54) is 0 Å². The summed E-state index contributed by atoms with van der Waals surface area (Å²) in [6.07, 6.45) is 0. The van der Waals surface area contributed by atoms with Gasteiger partial charge in [0.15, 0.2) is 6.61 Å². The van der Waals surface area contributed by atoms with E-state index in [-0.39, 0.29) is 25.0 Å². The topological polar surface area (TPSA) is 84.7 Å². The van der Waals surface area contributed by atoms with Gasteiger partial charge in [0.25, 0.3) is 5.91 Å². The number of fused-ring (bicyclic) bond motifs is 1. The standard InChI is InChI=1S/C11H13N3O3/c1-13-5-10(15)14-8-4-7(12)2-3-9(8)17-6-11(14)16/h2-4,13H,5-6,12H2,1H3. The Morgan fingerprint density at radius 1 is 1.59 bits per heavy atom. The molecule has 1 heterocycles. The Balaban J connectivity index is 2.42. The van der Waals surface area contributed by atoms with E-state index in [0.29, 0.717) is 17.1 Å². The molecule has 0 bridgehead atoms. The van der Waals surface area contributed by atoms with Crippen LogP contribution in [0.2, 0.25) is 0 Å². The van der Waals surface area contributed by atoms with Gasteiger partial charge in [0.05, 0.1) is 12.2 Å². The second kappa shape index (κ2) is 4.42. The van der Waals surface area contributed by atoms with Crippen molar-refractivity contribution in [1.29, 1.82) is 0 Å². The molecule has 2 rings (SSSR count). The van der Waals surface area contributed by atoms with E-state index in [9.17, 15) is 9.59 Å². The zero-order chi connectivity index (χ0) is 12.4. The number of nitrogens with two attached hydrogens (primary N) is 1. The molecule has 0 aromatic heterocycles. The Kier molecular flexibility index (Phi) is 2.97. The minimum Gasteiger partial charge on any atom is -0.482 e. The third kappa shape index (κ3) is 2.07. The molecule has 0 spiro atoms. The summed E-state index contributed by atoms with van der Waals surface area (Å²) in [6, 6.07) is 4.87. The highest BCUT2D eigenvalue weighted by Crippen LogP contribution is 2.33. The summed E-state index contributed by atoms with van der Waals surface area (Å²) in [4.78, 5) is 24.6. The number of hydrogen-bond acceptors (Lipinski definition) is 5. The lowest BCUT2D eigenvalue weighted by molar-refractivity contribution is -0.128. The van der Waals surface area contributed by atoms with Gasteiger partial charge in [-0.05, 0) is 25.2 Å². The highest BCUT2D eigenvalue weighted by molar-refractivity contribution is 6.18. The molecule has 0 atom stereocenters. The van der Waals surface area contributed by atoms with Gasteiger partial charge in [-0.25, -0.2) is 4.90 Å². The third-order valence-corrected chi connectivity index (χ3v) is 2.40. The summed E-state index contributed by atoms with van der Waals surface area (Å²) in [6.45, 7) is -0.0493. The lowest BCUT2D eigenvalue weighted by atomic mass is 10.2. The summed E-state index contributed by atoms with van der Waals surface area (Å²) in [5, 5.41) is 2.72. The zero-order valence-corrected chi connectivity index (χ0v) is 9.40. The average molecular weight is 235 g/mol. The van der Waals surface area contributed by atoms with Crippen LogP contribution in [0.4, 0.5) is 11.4 Å². The van der Waals surface area contributed by atoms with Gasteiger partial charge in [-0.2, -0.15) is 0 Å². The van der Waals surface area contributed by atoms with E-state index in [2.05, 4.69) is 5.32 Å². The fourth-order valence-corrected chi connectivity index (χ4v) is 1.67. The van der Waals surface area contributed by atoms with Crippen molar-refractivity contribution in [2.75, 3.05) is 30.8 Å². The van der Waals surface area contributed by atoms with Crippen molar-refractivity contribution in [2.45, 2.75) is 0 Å². The van der Waals surface area contributed by atoms with E-state index in [4.69, 9.17) is 10.5 Å². The van der Waals surface area contributed by atoms with Gasteiger partial charge in [-0.15, -0.1) is 0 Å². The molecular weight excluding hydrogens is 222 g/mol. The SMILES string of the molecule is CNCC(=O)N1C(=O)COc2ccc(N)cc21. The Morgan fingerprint density at radius 3 is 3.06 bits per heavy atom. The van der Waals surface area contributed by atoms with Crippen molar-refractivity contribution in [1.82, 2.24) is 5.32 Å². The maximum atomic E-state index is 11.8. The second-order valence-corrected chi connectivity index (χ2v) is 3.67. The monoisotopic (exact) mass is 235 g/mol. The number of nitrogen functional groups attached to an aromatic ring is 1. The number of likely N-dealkylation sites (N-methyl/N-ethyl adjacent to an activating group) is 1. The van der Waals surface area contributed by atoms with Crippen molar-refractivity contribution in [2.24, 2.45) is 0 Å². The van der Waals surface area contributed by atoms with Crippen LogP contribution in [-0.4, -0.2) is 32.0 Å². The van der Waals surface area contributed by atoms with E-state index >= 15 is 0 Å². The smallest absolute Gasteiger partial charge is 0.271 e. The third-order valence-electron chi connectivity index (χ3n) is 2.40. The lowest BCUT2D eigenvalue weighted by Gasteiger charge is -2.27. The molecule has 3 N–H and O–H groups in total. The predicted octanol–water partition coefficient (Wildman–Crippen LogP) is -0.260. The minimum absolute atomic E-state index is 0.0833. The normalized spacial score (nSPS) is 14.2. The quantitative estimate of drug-likeness (QED) is 0.690. The number of anilines is 2. The molecule has 0 fully saturated rings. The predicted molar refractivity (Wildman–Crippen MR) is 62.8 cm³/mol. The maximum Gasteiger partial charge on any atom is 0.271 e. The largest absolute Gasteiger partial charge is 0.482 e. The number of amides is 2. The van der Waals surface area contributed by atoms with E-state index in [1.54, 1.807) is 25.2 Å². The van der Waals surface area contributed by atoms with Crippen LogP contribution < -0.4 is 20.7 Å². The molecular formula is C11H13N3O3. The molecule has 6 nitrogen and oxygen atoms in total. The molecule has 6 heteroatoms. The van der Waals surface area contributed by atoms with Crippen LogP contribution in [0.25, 0.3) is 0 Å². The molecule has 90 valence electrons. The summed E-state index contributed by atoms with van der Waals surface area (Å²) in [5.74, 6) is -0.223. The number of carbonyl (C=O) groups is 2. The minimum atomic E-state index is -0.386. The number of carbonyl (C=O) groups excluding carboxylic acids is 2. The van der Waals surface area contributed by atoms with Gasteiger partial charge >= 0.3 is 0 Å². The van der Waals surface area contributed by atoms with Crippen molar-refractivity contribution >= 4 is 23.2 Å². The van der Waals surface area contributed by atoms with Gasteiger partial charge in [0.2, 0.25) is 5.91 Å². The summed E-state index contributed by atoms with van der Waals surface area (Å²) in [7, 11) is 1.64. The number of hydrogen-bond donors (Lipinski definition) is 2. The molecule has 1 aliphatic heterocycles. The number of ether oxygens (including phenoxy) is 1. The van der Waals surface area contributed by atoms with Gasteiger partial charge in [-0.1, -0.05) is 0 Å². The van der Waals surface area contributed by atoms with Crippen LogP contribution in [0.1, 0.15) is 0 Å². The molecule has 0 saturated heterocycles. The number of rotatable bonds is 2. The summed E-state index contributed by atoms with van der Waals surface area (Å²) >= 11 is 0. The number of benzene rings is 1. The van der Waals surface area contributed by atoms with Crippen molar-refractivity contribution in [3.63, 3.8) is 0 Å². The van der Waals surface area contributed by atoms with Gasteiger partial charge in [-0.3, -0.25) is 9.59 Å². The van der Waals surface area contributed by atoms with Gasteiger partial charge in [0.1, 0.15) is 5.75 Å². The first-order valence-electron chi connectivity index (χ1n) is 5.16. The Bertz CT molecular complexity index is 473. The maximum absolute atomic E-state index is 11.8. The Labute approximate surface area is 98.3 Å². The van der Waals surface area contributed by atoms with Crippen molar-refractivity contribution < 1.29 is 14.3 Å².